The Morgan fingerprint density at radius 2 is 1.93 bits per heavy atom. The number of amides is 1. The minimum Gasteiger partial charge on any atom is -0.382 e. The molecule has 1 amide bonds. The number of carbonyl (C=O) groups excluding carboxylic acids is 1. The molecule has 0 spiro atoms. The fourth-order valence-electron chi connectivity index (χ4n) is 2.79. The number of nitrogens with zero attached hydrogens (tertiary/aromatic N) is 4. The van der Waals surface area contributed by atoms with E-state index >= 15 is 0 Å². The van der Waals surface area contributed by atoms with E-state index in [2.05, 4.69) is 20.6 Å². The van der Waals surface area contributed by atoms with E-state index < -0.39 is 12.0 Å². The number of benzene rings is 2. The number of hydrogen-bond donors (Lipinski definition) is 1. The van der Waals surface area contributed by atoms with Crippen LogP contribution in [0.25, 0.3) is 0 Å². The highest BCUT2D eigenvalue weighted by atomic mass is 35.5. The predicted octanol–water partition coefficient (Wildman–Crippen LogP) is 3.90. The van der Waals surface area contributed by atoms with Gasteiger partial charge in [0.1, 0.15) is 12.1 Å². The highest BCUT2D eigenvalue weighted by Crippen LogP contribution is 2.25. The molecule has 2 aromatic carbocycles. The van der Waals surface area contributed by atoms with Gasteiger partial charge in [0.2, 0.25) is 12.1 Å². The first-order valence-electron chi connectivity index (χ1n) is 8.61. The second-order valence-electron chi connectivity index (χ2n) is 6.30. The van der Waals surface area contributed by atoms with Gasteiger partial charge in [0.05, 0.1) is 12.3 Å². The van der Waals surface area contributed by atoms with Gasteiger partial charge in [-0.05, 0) is 29.8 Å². The Hall–Kier alpha value is -2.97. The minimum absolute atomic E-state index is 0.122. The van der Waals surface area contributed by atoms with Crippen LogP contribution in [0.4, 0.5) is 10.3 Å². The zero-order valence-electron chi connectivity index (χ0n) is 14.8. The first-order valence-corrected chi connectivity index (χ1v) is 9.37. The van der Waals surface area contributed by atoms with Gasteiger partial charge in [0.15, 0.2) is 0 Å². The summed E-state index contributed by atoms with van der Waals surface area (Å²) >= 11 is 12.3. The third-order valence-electron chi connectivity index (χ3n) is 4.29. The Labute approximate surface area is 175 Å². The first kappa shape index (κ1) is 19.4. The minimum atomic E-state index is -0.819. The van der Waals surface area contributed by atoms with Crippen molar-refractivity contribution in [2.75, 3.05) is 5.32 Å². The fourth-order valence-corrected chi connectivity index (χ4v) is 3.31. The van der Waals surface area contributed by atoms with E-state index in [0.29, 0.717) is 33.4 Å². The van der Waals surface area contributed by atoms with Gasteiger partial charge < -0.3 is 4.84 Å². The number of halogens is 3. The average molecular weight is 434 g/mol. The van der Waals surface area contributed by atoms with Crippen molar-refractivity contribution in [3.63, 3.8) is 0 Å². The van der Waals surface area contributed by atoms with E-state index in [0.717, 1.165) is 0 Å². The van der Waals surface area contributed by atoms with Gasteiger partial charge in [-0.25, -0.2) is 14.1 Å². The third kappa shape index (κ3) is 4.38. The molecule has 0 bridgehead atoms. The van der Waals surface area contributed by atoms with Gasteiger partial charge >= 0.3 is 0 Å². The molecule has 1 aromatic heterocycles. The second-order valence-corrected chi connectivity index (χ2v) is 7.11. The highest BCUT2D eigenvalue weighted by Gasteiger charge is 2.29. The molecule has 1 atom stereocenters. The lowest BCUT2D eigenvalue weighted by molar-refractivity contribution is -0.125. The Bertz CT molecular complexity index is 1060. The molecule has 4 rings (SSSR count). The molecule has 7 nitrogen and oxygen atoms in total. The van der Waals surface area contributed by atoms with Gasteiger partial charge in [-0.1, -0.05) is 46.6 Å². The van der Waals surface area contributed by atoms with Crippen LogP contribution in [0.2, 0.25) is 10.0 Å². The van der Waals surface area contributed by atoms with Crippen molar-refractivity contribution in [3.8, 4) is 0 Å². The number of aromatic nitrogens is 3. The SMILES string of the molecule is O=C(Nc1ncn(Cc2c(Cl)cccc2Cl)n1)C1CC(c2ccc(F)cc2)=NO1. The standard InChI is InChI=1S/C19H14Cl2FN5O2/c20-14-2-1-3-15(21)13(14)9-27-10-23-19(25-27)24-18(28)17-8-16(26-29-17)11-4-6-12(22)7-5-11/h1-7,10,17H,8-9H2,(H,24,25,28). The van der Waals surface area contributed by atoms with Crippen molar-refractivity contribution in [2.45, 2.75) is 19.1 Å². The molecule has 0 aliphatic carbocycles. The van der Waals surface area contributed by atoms with Crippen molar-refractivity contribution < 1.29 is 14.0 Å². The maximum Gasteiger partial charge on any atom is 0.271 e. The number of anilines is 1. The molecule has 0 fully saturated rings. The van der Waals surface area contributed by atoms with Gasteiger partial charge in [0.25, 0.3) is 5.91 Å². The summed E-state index contributed by atoms with van der Waals surface area (Å²) in [6.45, 7) is 0.305. The number of rotatable bonds is 5. The van der Waals surface area contributed by atoms with Crippen LogP contribution in [-0.4, -0.2) is 32.5 Å². The molecular formula is C19H14Cl2FN5O2. The lowest BCUT2D eigenvalue weighted by Gasteiger charge is -2.07. The molecule has 1 aliphatic heterocycles. The van der Waals surface area contributed by atoms with Crippen molar-refractivity contribution in [3.05, 3.63) is 75.8 Å². The third-order valence-corrected chi connectivity index (χ3v) is 5.00. The quantitative estimate of drug-likeness (QED) is 0.661. The molecule has 148 valence electrons. The Kier molecular flexibility index (Phi) is 5.46. The van der Waals surface area contributed by atoms with Gasteiger partial charge in [-0.2, -0.15) is 0 Å². The average Bonchev–Trinajstić information content (AvgIpc) is 3.35. The Morgan fingerprint density at radius 3 is 2.66 bits per heavy atom. The summed E-state index contributed by atoms with van der Waals surface area (Å²) in [6, 6.07) is 11.0. The summed E-state index contributed by atoms with van der Waals surface area (Å²) in [5.74, 6) is -0.654. The smallest absolute Gasteiger partial charge is 0.271 e. The van der Waals surface area contributed by atoms with Crippen LogP contribution < -0.4 is 5.32 Å². The summed E-state index contributed by atoms with van der Waals surface area (Å²) in [6.07, 6.45) is 0.901. The highest BCUT2D eigenvalue weighted by molar-refractivity contribution is 6.35. The van der Waals surface area contributed by atoms with Gasteiger partial charge in [0, 0.05) is 22.0 Å². The number of oxime groups is 1. The zero-order valence-corrected chi connectivity index (χ0v) is 16.4. The molecule has 1 aliphatic rings. The van der Waals surface area contributed by atoms with E-state index in [-0.39, 0.29) is 18.2 Å². The van der Waals surface area contributed by atoms with E-state index in [1.165, 1.54) is 23.1 Å². The van der Waals surface area contributed by atoms with E-state index in [9.17, 15) is 9.18 Å². The summed E-state index contributed by atoms with van der Waals surface area (Å²) in [5, 5.41) is 11.8. The maximum absolute atomic E-state index is 13.0. The normalized spacial score (nSPS) is 15.7. The molecule has 0 saturated carbocycles. The maximum atomic E-state index is 13.0. The van der Waals surface area contributed by atoms with Crippen molar-refractivity contribution in [1.82, 2.24) is 14.8 Å². The van der Waals surface area contributed by atoms with E-state index in [1.54, 1.807) is 30.3 Å². The van der Waals surface area contributed by atoms with Crippen LogP contribution >= 0.6 is 23.2 Å². The molecular weight excluding hydrogens is 420 g/mol. The number of carbonyl (C=O) groups is 1. The monoisotopic (exact) mass is 433 g/mol. The summed E-state index contributed by atoms with van der Waals surface area (Å²) < 4.78 is 14.6. The van der Waals surface area contributed by atoms with Gasteiger partial charge in [-0.15, -0.1) is 5.10 Å². The van der Waals surface area contributed by atoms with Crippen LogP contribution in [0.15, 0.2) is 53.9 Å². The number of hydrogen-bond acceptors (Lipinski definition) is 5. The molecule has 29 heavy (non-hydrogen) atoms. The van der Waals surface area contributed by atoms with Crippen molar-refractivity contribution in [1.29, 1.82) is 0 Å². The predicted molar refractivity (Wildman–Crippen MR) is 107 cm³/mol. The van der Waals surface area contributed by atoms with Crippen molar-refractivity contribution in [2.24, 2.45) is 5.16 Å². The number of nitrogens with one attached hydrogen (secondary N) is 1. The molecule has 1 unspecified atom stereocenters. The summed E-state index contributed by atoms with van der Waals surface area (Å²) in [5.41, 5.74) is 1.97. The van der Waals surface area contributed by atoms with E-state index in [4.69, 9.17) is 28.0 Å². The fraction of sp³-hybridized carbons (Fsp3) is 0.158. The van der Waals surface area contributed by atoms with Crippen LogP contribution in [0, 0.1) is 5.82 Å². The topological polar surface area (TPSA) is 81.4 Å². The Balaban J connectivity index is 1.37. The summed E-state index contributed by atoms with van der Waals surface area (Å²) in [7, 11) is 0. The lowest BCUT2D eigenvalue weighted by Crippen LogP contribution is -2.28. The first-order chi connectivity index (χ1) is 14.0. The Morgan fingerprint density at radius 1 is 1.21 bits per heavy atom. The van der Waals surface area contributed by atoms with Crippen LogP contribution in [0.1, 0.15) is 17.5 Å². The van der Waals surface area contributed by atoms with Gasteiger partial charge in [-0.3, -0.25) is 10.1 Å². The largest absolute Gasteiger partial charge is 0.382 e. The lowest BCUT2D eigenvalue weighted by atomic mass is 10.0. The molecule has 1 N–H and O–H groups in total. The van der Waals surface area contributed by atoms with Crippen LogP contribution in [-0.2, 0) is 16.2 Å². The molecule has 2 heterocycles. The summed E-state index contributed by atoms with van der Waals surface area (Å²) in [4.78, 5) is 21.7. The molecule has 10 heteroatoms. The zero-order chi connectivity index (χ0) is 20.4. The van der Waals surface area contributed by atoms with Crippen LogP contribution in [0.5, 0.6) is 0 Å². The van der Waals surface area contributed by atoms with Crippen molar-refractivity contribution >= 4 is 40.8 Å². The molecule has 3 aromatic rings. The molecule has 0 radical (unpaired) electrons. The van der Waals surface area contributed by atoms with E-state index in [1.807, 2.05) is 0 Å². The van der Waals surface area contributed by atoms with Crippen LogP contribution in [0.3, 0.4) is 0 Å². The molecule has 0 saturated heterocycles. The second kappa shape index (κ2) is 8.18.